The molecule has 1 rings (SSSR count). The molecule has 3 amide bonds. The third-order valence-electron chi connectivity index (χ3n) is 3.39. The first-order chi connectivity index (χ1) is 10.8. The highest BCUT2D eigenvalue weighted by Crippen LogP contribution is 2.06. The van der Waals surface area contributed by atoms with Crippen molar-refractivity contribution in [2.75, 3.05) is 18.1 Å². The van der Waals surface area contributed by atoms with E-state index in [1.54, 1.807) is 13.0 Å². The molecule has 0 aliphatic carbocycles. The van der Waals surface area contributed by atoms with Gasteiger partial charge in [0.1, 0.15) is 6.04 Å². The van der Waals surface area contributed by atoms with Crippen LogP contribution in [-0.2, 0) is 14.4 Å². The van der Waals surface area contributed by atoms with E-state index in [0.717, 1.165) is 0 Å². The summed E-state index contributed by atoms with van der Waals surface area (Å²) in [5.41, 5.74) is 5.83. The molecule has 1 heterocycles. The number of amides is 3. The minimum Gasteiger partial charge on any atom is -0.352 e. The van der Waals surface area contributed by atoms with Crippen molar-refractivity contribution in [2.24, 2.45) is 11.7 Å². The first-order valence-electron chi connectivity index (χ1n) is 7.71. The van der Waals surface area contributed by atoms with Crippen LogP contribution in [0.1, 0.15) is 20.8 Å². The molecule has 0 radical (unpaired) electrons. The lowest BCUT2D eigenvalue weighted by atomic mass is 10.0. The van der Waals surface area contributed by atoms with Gasteiger partial charge in [-0.15, -0.1) is 0 Å². The third kappa shape index (κ3) is 7.04. The van der Waals surface area contributed by atoms with Crippen molar-refractivity contribution in [3.8, 4) is 0 Å². The van der Waals surface area contributed by atoms with Gasteiger partial charge in [0.15, 0.2) is 0 Å². The molecule has 0 aromatic rings. The van der Waals surface area contributed by atoms with Crippen LogP contribution in [0.15, 0.2) is 12.2 Å². The van der Waals surface area contributed by atoms with Crippen molar-refractivity contribution < 1.29 is 14.4 Å². The molecule has 0 saturated heterocycles. The van der Waals surface area contributed by atoms with Crippen LogP contribution >= 0.6 is 11.8 Å². The summed E-state index contributed by atoms with van der Waals surface area (Å²) in [5, 5.41) is 8.24. The molecule has 23 heavy (non-hydrogen) atoms. The van der Waals surface area contributed by atoms with Crippen molar-refractivity contribution in [1.82, 2.24) is 16.0 Å². The molecule has 1 aliphatic rings. The summed E-state index contributed by atoms with van der Waals surface area (Å²) in [6.07, 6.45) is 3.01. The second-order valence-electron chi connectivity index (χ2n) is 5.85. The van der Waals surface area contributed by atoms with Crippen LogP contribution in [0.2, 0.25) is 0 Å². The van der Waals surface area contributed by atoms with E-state index in [2.05, 4.69) is 16.0 Å². The van der Waals surface area contributed by atoms with Gasteiger partial charge in [-0.3, -0.25) is 14.4 Å². The van der Waals surface area contributed by atoms with Crippen LogP contribution in [0.3, 0.4) is 0 Å². The largest absolute Gasteiger partial charge is 0.352 e. The molecular weight excluding hydrogens is 316 g/mol. The van der Waals surface area contributed by atoms with Crippen molar-refractivity contribution in [1.29, 1.82) is 0 Å². The molecule has 3 atom stereocenters. The Labute approximate surface area is 141 Å². The molecule has 1 aliphatic heterocycles. The predicted molar refractivity (Wildman–Crippen MR) is 91.8 cm³/mol. The van der Waals surface area contributed by atoms with Crippen LogP contribution in [0.5, 0.6) is 0 Å². The highest BCUT2D eigenvalue weighted by Gasteiger charge is 2.25. The van der Waals surface area contributed by atoms with Crippen LogP contribution in [-0.4, -0.2) is 53.9 Å². The van der Waals surface area contributed by atoms with Crippen LogP contribution in [0.4, 0.5) is 0 Å². The fourth-order valence-electron chi connectivity index (χ4n) is 1.86. The summed E-state index contributed by atoms with van der Waals surface area (Å²) < 4.78 is 0. The quantitative estimate of drug-likeness (QED) is 0.546. The normalized spacial score (nSPS) is 26.3. The highest BCUT2D eigenvalue weighted by molar-refractivity contribution is 7.99. The molecule has 0 fully saturated rings. The lowest BCUT2D eigenvalue weighted by Gasteiger charge is -2.23. The molecule has 0 aromatic heterocycles. The number of hydrogen-bond donors (Lipinski definition) is 4. The lowest BCUT2D eigenvalue weighted by molar-refractivity contribution is -0.129. The Morgan fingerprint density at radius 1 is 1.43 bits per heavy atom. The van der Waals surface area contributed by atoms with E-state index in [1.165, 1.54) is 17.8 Å². The van der Waals surface area contributed by atoms with Gasteiger partial charge in [0.05, 0.1) is 6.04 Å². The monoisotopic (exact) mass is 342 g/mol. The molecule has 8 heteroatoms. The minimum absolute atomic E-state index is 0.00553. The number of thioether (sulfide) groups is 1. The number of nitrogens with one attached hydrogen (secondary N) is 3. The third-order valence-corrected chi connectivity index (χ3v) is 4.45. The Morgan fingerprint density at radius 2 is 2.13 bits per heavy atom. The van der Waals surface area contributed by atoms with E-state index < -0.39 is 12.1 Å². The molecule has 0 saturated carbocycles. The summed E-state index contributed by atoms with van der Waals surface area (Å²) >= 11 is 1.49. The lowest BCUT2D eigenvalue weighted by Crippen LogP contribution is -2.55. The van der Waals surface area contributed by atoms with Gasteiger partial charge in [-0.2, -0.15) is 11.8 Å². The number of carbonyl (C=O) groups is 3. The van der Waals surface area contributed by atoms with E-state index in [-0.39, 0.29) is 29.7 Å². The standard InChI is InChI=1S/C15H26N4O3S/c1-9(2)13(16)15(22)19-11-8-23-7-6-17-12(20)5-4-10(3)18-14(11)21/h4-5,9-11,13H,6-8,16H2,1-3H3,(H,17,20)(H,18,21)(H,19,22)/b5-4+/t10-,11-,13-/m0/s1. The highest BCUT2D eigenvalue weighted by atomic mass is 32.2. The van der Waals surface area contributed by atoms with Crippen LogP contribution < -0.4 is 21.7 Å². The molecule has 0 spiro atoms. The van der Waals surface area contributed by atoms with E-state index in [1.807, 2.05) is 13.8 Å². The van der Waals surface area contributed by atoms with E-state index in [0.29, 0.717) is 18.1 Å². The molecule has 5 N–H and O–H groups in total. The average Bonchev–Trinajstić information content (AvgIpc) is 2.49. The number of nitrogens with two attached hydrogens (primary N) is 1. The zero-order valence-electron chi connectivity index (χ0n) is 13.8. The van der Waals surface area contributed by atoms with Crippen molar-refractivity contribution in [3.63, 3.8) is 0 Å². The topological polar surface area (TPSA) is 113 Å². The maximum atomic E-state index is 12.3. The van der Waals surface area contributed by atoms with Crippen molar-refractivity contribution in [3.05, 3.63) is 12.2 Å². The van der Waals surface area contributed by atoms with Gasteiger partial charge in [0.25, 0.3) is 0 Å². The summed E-state index contributed by atoms with van der Waals surface area (Å²) in [5.74, 6) is 0.290. The Bertz CT molecular complexity index is 468. The van der Waals surface area contributed by atoms with Gasteiger partial charge in [-0.25, -0.2) is 0 Å². The summed E-state index contributed by atoms with van der Waals surface area (Å²) in [6.45, 7) is 5.99. The molecule has 130 valence electrons. The van der Waals surface area contributed by atoms with Gasteiger partial charge >= 0.3 is 0 Å². The minimum atomic E-state index is -0.650. The second-order valence-corrected chi connectivity index (χ2v) is 7.00. The molecular formula is C15H26N4O3S. The van der Waals surface area contributed by atoms with Gasteiger partial charge in [-0.05, 0) is 12.8 Å². The van der Waals surface area contributed by atoms with Gasteiger partial charge < -0.3 is 21.7 Å². The Kier molecular flexibility index (Phi) is 8.11. The maximum Gasteiger partial charge on any atom is 0.243 e. The van der Waals surface area contributed by atoms with Gasteiger partial charge in [0.2, 0.25) is 17.7 Å². The fourth-order valence-corrected chi connectivity index (χ4v) is 2.75. The predicted octanol–water partition coefficient (Wildman–Crippen LogP) is -0.622. The fraction of sp³-hybridized carbons (Fsp3) is 0.667. The maximum absolute atomic E-state index is 12.3. The molecule has 0 bridgehead atoms. The smallest absolute Gasteiger partial charge is 0.243 e. The first kappa shape index (κ1) is 19.5. The van der Waals surface area contributed by atoms with Crippen molar-refractivity contribution in [2.45, 2.75) is 38.9 Å². The zero-order valence-corrected chi connectivity index (χ0v) is 14.6. The van der Waals surface area contributed by atoms with E-state index in [4.69, 9.17) is 5.73 Å². The molecule has 0 aromatic carbocycles. The summed E-state index contributed by atoms with van der Waals surface area (Å²) in [6, 6.07) is -1.61. The SMILES string of the molecule is CC(C)[C@H](N)C(=O)N[C@H]1CSCCNC(=O)/C=C/[C@H](C)NC1=O. The molecule has 7 nitrogen and oxygen atoms in total. The second kappa shape index (κ2) is 9.57. The Balaban J connectivity index is 2.75. The van der Waals surface area contributed by atoms with Crippen LogP contribution in [0, 0.1) is 5.92 Å². The number of hydrogen-bond acceptors (Lipinski definition) is 5. The Hall–Kier alpha value is -1.54. The Morgan fingerprint density at radius 3 is 2.78 bits per heavy atom. The zero-order chi connectivity index (χ0) is 17.4. The van der Waals surface area contributed by atoms with Gasteiger partial charge in [0, 0.05) is 30.2 Å². The van der Waals surface area contributed by atoms with Crippen LogP contribution in [0.25, 0.3) is 0 Å². The summed E-state index contributed by atoms with van der Waals surface area (Å²) in [7, 11) is 0. The van der Waals surface area contributed by atoms with Crippen molar-refractivity contribution >= 4 is 29.5 Å². The summed E-state index contributed by atoms with van der Waals surface area (Å²) in [4.78, 5) is 35.9. The average molecular weight is 342 g/mol. The van der Waals surface area contributed by atoms with E-state index in [9.17, 15) is 14.4 Å². The number of rotatable bonds is 3. The first-order valence-corrected chi connectivity index (χ1v) is 8.86. The van der Waals surface area contributed by atoms with E-state index >= 15 is 0 Å². The molecule has 0 unspecified atom stereocenters. The van der Waals surface area contributed by atoms with Gasteiger partial charge in [-0.1, -0.05) is 19.9 Å². The number of carbonyl (C=O) groups excluding carboxylic acids is 3.